The first kappa shape index (κ1) is 19.1. The number of hydrogen-bond donors (Lipinski definition) is 2. The van der Waals surface area contributed by atoms with Crippen molar-refractivity contribution < 1.29 is 14.7 Å². The molecule has 0 aliphatic carbocycles. The molecule has 1 saturated heterocycles. The quantitative estimate of drug-likeness (QED) is 0.702. The van der Waals surface area contributed by atoms with Crippen molar-refractivity contribution in [2.45, 2.75) is 19.3 Å². The number of carbonyl (C=O) groups is 2. The molecular weight excluding hydrogens is 366 g/mol. The third-order valence-electron chi connectivity index (χ3n) is 5.60. The maximum Gasteiger partial charge on any atom is 0.227 e. The van der Waals surface area contributed by atoms with E-state index in [1.807, 2.05) is 52.4 Å². The van der Waals surface area contributed by atoms with Gasteiger partial charge in [0.15, 0.2) is 0 Å². The van der Waals surface area contributed by atoms with E-state index < -0.39 is 0 Å². The maximum absolute atomic E-state index is 12.7. The van der Waals surface area contributed by atoms with Crippen LogP contribution in [0, 0.1) is 0 Å². The molecule has 2 aromatic carbocycles. The Hall–Kier alpha value is -3.28. The number of rotatable bonds is 5. The van der Waals surface area contributed by atoms with Crippen LogP contribution in [0.2, 0.25) is 0 Å². The molecule has 2 N–H and O–H groups in total. The summed E-state index contributed by atoms with van der Waals surface area (Å²) in [5.41, 5.74) is 2.83. The van der Waals surface area contributed by atoms with E-state index >= 15 is 0 Å². The van der Waals surface area contributed by atoms with Crippen molar-refractivity contribution in [2.75, 3.05) is 26.2 Å². The first-order valence-corrected chi connectivity index (χ1v) is 9.99. The minimum atomic E-state index is 0.0666. The number of aromatic hydroxyl groups is 1. The Kier molecular flexibility index (Phi) is 5.51. The van der Waals surface area contributed by atoms with Gasteiger partial charge < -0.3 is 19.9 Å². The molecule has 0 bridgehead atoms. The number of nitrogens with one attached hydrogen (secondary N) is 1. The molecule has 0 unspecified atom stereocenters. The van der Waals surface area contributed by atoms with Gasteiger partial charge in [-0.1, -0.05) is 36.4 Å². The third kappa shape index (κ3) is 4.26. The monoisotopic (exact) mass is 391 g/mol. The van der Waals surface area contributed by atoms with Gasteiger partial charge in [0.25, 0.3) is 0 Å². The number of aromatic nitrogens is 1. The number of aryl methyl sites for hydroxylation is 1. The number of H-pyrrole nitrogens is 1. The lowest BCUT2D eigenvalue weighted by Gasteiger charge is -2.35. The van der Waals surface area contributed by atoms with Gasteiger partial charge in [0.2, 0.25) is 11.8 Å². The molecule has 29 heavy (non-hydrogen) atoms. The Bertz CT molecular complexity index is 1020. The van der Waals surface area contributed by atoms with E-state index in [2.05, 4.69) is 4.98 Å². The van der Waals surface area contributed by atoms with Crippen LogP contribution in [0.1, 0.15) is 17.5 Å². The standard InChI is InChI=1S/C23H25N3O3/c27-21-8-4-1-5-17(21)9-10-22(28)25-11-13-26(14-12-25)23(29)15-18-16-24-20-7-3-2-6-19(18)20/h1-8,16,24,27H,9-15H2. The van der Waals surface area contributed by atoms with Crippen LogP contribution < -0.4 is 0 Å². The zero-order valence-corrected chi connectivity index (χ0v) is 16.3. The summed E-state index contributed by atoms with van der Waals surface area (Å²) in [6.45, 7) is 2.23. The first-order chi connectivity index (χ1) is 14.1. The number of carbonyl (C=O) groups excluding carboxylic acids is 2. The second kappa shape index (κ2) is 8.39. The number of benzene rings is 2. The van der Waals surface area contributed by atoms with Crippen molar-refractivity contribution in [2.24, 2.45) is 0 Å². The highest BCUT2D eigenvalue weighted by Crippen LogP contribution is 2.20. The number of aromatic amines is 1. The molecule has 0 radical (unpaired) electrons. The van der Waals surface area contributed by atoms with Crippen molar-refractivity contribution in [3.05, 3.63) is 65.9 Å². The molecule has 2 heterocycles. The number of fused-ring (bicyclic) bond motifs is 1. The van der Waals surface area contributed by atoms with Crippen LogP contribution in [0.5, 0.6) is 5.75 Å². The van der Waals surface area contributed by atoms with Gasteiger partial charge in [-0.2, -0.15) is 0 Å². The summed E-state index contributed by atoms with van der Waals surface area (Å²) in [7, 11) is 0. The molecule has 1 aromatic heterocycles. The van der Waals surface area contributed by atoms with Gasteiger partial charge in [0.1, 0.15) is 5.75 Å². The molecule has 1 fully saturated rings. The van der Waals surface area contributed by atoms with E-state index in [0.29, 0.717) is 45.4 Å². The Morgan fingerprint density at radius 2 is 1.52 bits per heavy atom. The maximum atomic E-state index is 12.7. The third-order valence-corrected chi connectivity index (χ3v) is 5.60. The minimum absolute atomic E-state index is 0.0666. The Morgan fingerprint density at radius 3 is 2.28 bits per heavy atom. The lowest BCUT2D eigenvalue weighted by Crippen LogP contribution is -2.51. The molecule has 0 saturated carbocycles. The summed E-state index contributed by atoms with van der Waals surface area (Å²) in [5.74, 6) is 0.390. The van der Waals surface area contributed by atoms with Crippen molar-refractivity contribution in [1.82, 2.24) is 14.8 Å². The Balaban J connectivity index is 1.28. The lowest BCUT2D eigenvalue weighted by molar-refractivity contribution is -0.139. The molecule has 0 spiro atoms. The fraction of sp³-hybridized carbons (Fsp3) is 0.304. The van der Waals surface area contributed by atoms with Crippen LogP contribution in [0.4, 0.5) is 0 Å². The van der Waals surface area contributed by atoms with Crippen LogP contribution >= 0.6 is 0 Å². The van der Waals surface area contributed by atoms with Crippen LogP contribution in [0.3, 0.4) is 0 Å². The van der Waals surface area contributed by atoms with E-state index in [1.165, 1.54) is 0 Å². The number of hydrogen-bond acceptors (Lipinski definition) is 3. The van der Waals surface area contributed by atoms with E-state index in [-0.39, 0.29) is 17.6 Å². The zero-order chi connectivity index (χ0) is 20.2. The number of nitrogens with zero attached hydrogens (tertiary/aromatic N) is 2. The van der Waals surface area contributed by atoms with Crippen molar-refractivity contribution in [3.63, 3.8) is 0 Å². The van der Waals surface area contributed by atoms with Gasteiger partial charge in [-0.05, 0) is 29.7 Å². The van der Waals surface area contributed by atoms with Gasteiger partial charge in [0, 0.05) is 49.7 Å². The SMILES string of the molecule is O=C(CCc1ccccc1O)N1CCN(C(=O)Cc2c[nH]c3ccccc23)CC1. The number of para-hydroxylation sites is 2. The zero-order valence-electron chi connectivity index (χ0n) is 16.3. The normalized spacial score (nSPS) is 14.3. The molecular formula is C23H25N3O3. The van der Waals surface area contributed by atoms with Crippen LogP contribution in [0.25, 0.3) is 10.9 Å². The minimum Gasteiger partial charge on any atom is -0.508 e. The Labute approximate surface area is 169 Å². The second-order valence-corrected chi connectivity index (χ2v) is 7.43. The topological polar surface area (TPSA) is 76.6 Å². The highest BCUT2D eigenvalue weighted by molar-refractivity contribution is 5.89. The van der Waals surface area contributed by atoms with Crippen LogP contribution in [-0.4, -0.2) is 57.9 Å². The predicted molar refractivity (Wildman–Crippen MR) is 112 cm³/mol. The molecule has 3 aromatic rings. The van der Waals surface area contributed by atoms with Crippen LogP contribution in [0.15, 0.2) is 54.7 Å². The second-order valence-electron chi connectivity index (χ2n) is 7.43. The summed E-state index contributed by atoms with van der Waals surface area (Å²) in [4.78, 5) is 32.1. The van der Waals surface area contributed by atoms with E-state index in [4.69, 9.17) is 0 Å². The summed E-state index contributed by atoms with van der Waals surface area (Å²) in [6.07, 6.45) is 3.15. The fourth-order valence-electron chi connectivity index (χ4n) is 3.88. The number of phenols is 1. The highest BCUT2D eigenvalue weighted by atomic mass is 16.3. The molecule has 150 valence electrons. The summed E-state index contributed by atoms with van der Waals surface area (Å²) in [5, 5.41) is 10.9. The molecule has 0 atom stereocenters. The van der Waals surface area contributed by atoms with Crippen LogP contribution in [-0.2, 0) is 22.4 Å². The summed E-state index contributed by atoms with van der Waals surface area (Å²) < 4.78 is 0. The van der Waals surface area contributed by atoms with E-state index in [0.717, 1.165) is 22.0 Å². The highest BCUT2D eigenvalue weighted by Gasteiger charge is 2.24. The number of phenolic OH excluding ortho intramolecular Hbond substituents is 1. The van der Waals surface area contributed by atoms with Crippen molar-refractivity contribution in [3.8, 4) is 5.75 Å². The van der Waals surface area contributed by atoms with Crippen molar-refractivity contribution in [1.29, 1.82) is 0 Å². The predicted octanol–water partition coefficient (Wildman–Crippen LogP) is 2.72. The first-order valence-electron chi connectivity index (χ1n) is 9.99. The molecule has 1 aliphatic heterocycles. The average molecular weight is 391 g/mol. The number of amides is 2. The largest absolute Gasteiger partial charge is 0.508 e. The molecule has 6 nitrogen and oxygen atoms in total. The van der Waals surface area contributed by atoms with E-state index in [9.17, 15) is 14.7 Å². The molecule has 1 aliphatic rings. The molecule has 6 heteroatoms. The van der Waals surface area contributed by atoms with Gasteiger partial charge in [-0.15, -0.1) is 0 Å². The number of piperazine rings is 1. The fourth-order valence-corrected chi connectivity index (χ4v) is 3.88. The molecule has 4 rings (SSSR count). The average Bonchev–Trinajstić information content (AvgIpc) is 3.16. The summed E-state index contributed by atoms with van der Waals surface area (Å²) in [6, 6.07) is 15.1. The lowest BCUT2D eigenvalue weighted by atomic mass is 10.1. The van der Waals surface area contributed by atoms with Gasteiger partial charge in [-0.3, -0.25) is 9.59 Å². The van der Waals surface area contributed by atoms with Gasteiger partial charge in [-0.25, -0.2) is 0 Å². The molecule has 2 amide bonds. The smallest absolute Gasteiger partial charge is 0.227 e. The van der Waals surface area contributed by atoms with Crippen molar-refractivity contribution >= 4 is 22.7 Å². The van der Waals surface area contributed by atoms with Gasteiger partial charge >= 0.3 is 0 Å². The summed E-state index contributed by atoms with van der Waals surface area (Å²) >= 11 is 0. The van der Waals surface area contributed by atoms with E-state index in [1.54, 1.807) is 12.1 Å². The van der Waals surface area contributed by atoms with Gasteiger partial charge in [0.05, 0.1) is 6.42 Å². The Morgan fingerprint density at radius 1 is 0.862 bits per heavy atom.